The van der Waals surface area contributed by atoms with Crippen LogP contribution >= 0.6 is 27.7 Å². The molecule has 0 radical (unpaired) electrons. The minimum Gasteiger partial charge on any atom is -0.394 e. The molecule has 3 unspecified atom stereocenters. The quantitative estimate of drug-likeness (QED) is 0.246. The number of carbonyl (C=O) groups is 3. The number of rotatable bonds is 13. The first-order chi connectivity index (χ1) is 21.2. The van der Waals surface area contributed by atoms with Crippen LogP contribution in [-0.2, 0) is 27.3 Å². The van der Waals surface area contributed by atoms with Gasteiger partial charge >= 0.3 is 0 Å². The van der Waals surface area contributed by atoms with Gasteiger partial charge in [0, 0.05) is 35.8 Å². The lowest BCUT2D eigenvalue weighted by atomic mass is 9.70. The number of nitrogens with zero attached hydrogens (tertiary/aromatic N) is 3. The van der Waals surface area contributed by atoms with Gasteiger partial charge in [0.1, 0.15) is 6.04 Å². The Hall–Kier alpha value is -2.88. The largest absolute Gasteiger partial charge is 0.394 e. The van der Waals surface area contributed by atoms with Crippen LogP contribution in [0.3, 0.4) is 0 Å². The zero-order valence-electron chi connectivity index (χ0n) is 25.4. The van der Waals surface area contributed by atoms with E-state index < -0.39 is 28.7 Å². The number of hydrogen-bond donors (Lipinski definition) is 1. The molecule has 1 N–H and O–H groups in total. The Morgan fingerprint density at radius 3 is 2.23 bits per heavy atom. The number of halogens is 1. The summed E-state index contributed by atoms with van der Waals surface area (Å²) in [7, 11) is 0. The summed E-state index contributed by atoms with van der Waals surface area (Å²) in [6.07, 6.45) is 4.41. The van der Waals surface area contributed by atoms with Gasteiger partial charge in [0.2, 0.25) is 17.7 Å². The summed E-state index contributed by atoms with van der Waals surface area (Å²) in [5.41, 5.74) is 1.96. The standard InChI is InChI=1S/C35H42BrN3O4S/c1-5-17-37(21-25-15-11-8-12-16-25)32(41)28-29-33(42)39(26(22-40)19-24-13-9-7-10-14-24)31(34(43)38(18-6-2)23(3)4)35(29)20-27(36)30(28)44-35/h5-16,23,26-31,40H,1-2,17-22H2,3-4H3/t26-,27?,28-,29+,30-,31?,35?/m1/s1. The molecule has 7 nitrogen and oxygen atoms in total. The summed E-state index contributed by atoms with van der Waals surface area (Å²) in [4.78, 5) is 49.1. The maximum absolute atomic E-state index is 14.8. The molecule has 3 aliphatic heterocycles. The predicted octanol–water partition coefficient (Wildman–Crippen LogP) is 4.69. The Balaban J connectivity index is 1.58. The Morgan fingerprint density at radius 2 is 1.66 bits per heavy atom. The summed E-state index contributed by atoms with van der Waals surface area (Å²) < 4.78 is -0.807. The molecule has 0 saturated carbocycles. The predicted molar refractivity (Wildman–Crippen MR) is 179 cm³/mol. The normalized spacial score (nSPS) is 27.7. The van der Waals surface area contributed by atoms with Gasteiger partial charge in [-0.05, 0) is 37.8 Å². The smallest absolute Gasteiger partial charge is 0.247 e. The molecule has 234 valence electrons. The van der Waals surface area contributed by atoms with E-state index in [1.54, 1.807) is 38.6 Å². The first kappa shape index (κ1) is 32.5. The van der Waals surface area contributed by atoms with E-state index in [0.717, 1.165) is 11.1 Å². The number of hydrogen-bond acceptors (Lipinski definition) is 5. The molecule has 44 heavy (non-hydrogen) atoms. The highest BCUT2D eigenvalue weighted by Crippen LogP contribution is 2.68. The Morgan fingerprint density at radius 1 is 1.05 bits per heavy atom. The van der Waals surface area contributed by atoms with Gasteiger partial charge in [-0.1, -0.05) is 88.7 Å². The summed E-state index contributed by atoms with van der Waals surface area (Å²) in [5, 5.41) is 10.6. The summed E-state index contributed by atoms with van der Waals surface area (Å²) in [5.74, 6) is -1.77. The number of carbonyl (C=O) groups excluding carboxylic acids is 3. The van der Waals surface area contributed by atoms with Crippen molar-refractivity contribution in [2.45, 2.75) is 66.2 Å². The topological polar surface area (TPSA) is 81.2 Å². The van der Waals surface area contributed by atoms with Crippen LogP contribution in [0, 0.1) is 11.8 Å². The van der Waals surface area contributed by atoms with Crippen LogP contribution in [0.2, 0.25) is 0 Å². The SMILES string of the molecule is C=CCN(Cc1ccccc1)C(=O)[C@H]1[C@@H]2SC3(CC2Br)C(C(=O)N(CC=C)C(C)C)N([C@@H](CO)Cc2ccccc2)C(=O)[C@H]13. The van der Waals surface area contributed by atoms with Crippen LogP contribution in [-0.4, -0.2) is 90.2 Å². The third-order valence-corrected chi connectivity index (χ3v) is 12.5. The number of benzene rings is 2. The van der Waals surface area contributed by atoms with Crippen LogP contribution in [0.4, 0.5) is 0 Å². The highest BCUT2D eigenvalue weighted by atomic mass is 79.9. The van der Waals surface area contributed by atoms with Crippen LogP contribution in [0.5, 0.6) is 0 Å². The first-order valence-electron chi connectivity index (χ1n) is 15.3. The number of thioether (sulfide) groups is 1. The minimum atomic E-state index is -0.821. The number of aliphatic hydroxyl groups is 1. The van der Waals surface area contributed by atoms with E-state index in [4.69, 9.17) is 0 Å². The molecule has 9 heteroatoms. The van der Waals surface area contributed by atoms with Crippen LogP contribution < -0.4 is 0 Å². The number of likely N-dealkylation sites (tertiary alicyclic amines) is 1. The molecule has 5 rings (SSSR count). The van der Waals surface area contributed by atoms with E-state index >= 15 is 0 Å². The molecule has 1 spiro atoms. The summed E-state index contributed by atoms with van der Waals surface area (Å²) >= 11 is 5.50. The molecule has 3 aliphatic rings. The van der Waals surface area contributed by atoms with Crippen molar-refractivity contribution < 1.29 is 19.5 Å². The highest BCUT2D eigenvalue weighted by molar-refractivity contribution is 9.09. The Kier molecular flexibility index (Phi) is 10.1. The average Bonchev–Trinajstić information content (AvgIpc) is 3.62. The minimum absolute atomic E-state index is 0.0448. The lowest BCUT2D eigenvalue weighted by Gasteiger charge is -2.41. The summed E-state index contributed by atoms with van der Waals surface area (Å²) in [6.45, 7) is 12.5. The molecule has 3 amide bonds. The number of alkyl halides is 1. The second-order valence-electron chi connectivity index (χ2n) is 12.3. The number of fused-ring (bicyclic) bond motifs is 1. The van der Waals surface area contributed by atoms with Crippen molar-refractivity contribution in [2.75, 3.05) is 19.7 Å². The molecule has 3 saturated heterocycles. The van der Waals surface area contributed by atoms with E-state index in [9.17, 15) is 19.5 Å². The zero-order valence-corrected chi connectivity index (χ0v) is 27.8. The highest BCUT2D eigenvalue weighted by Gasteiger charge is 2.76. The Labute approximate surface area is 273 Å². The Bertz CT molecular complexity index is 1370. The monoisotopic (exact) mass is 679 g/mol. The lowest BCUT2D eigenvalue weighted by molar-refractivity contribution is -0.147. The van der Waals surface area contributed by atoms with Gasteiger partial charge < -0.3 is 19.8 Å². The van der Waals surface area contributed by atoms with Gasteiger partial charge in [-0.3, -0.25) is 14.4 Å². The van der Waals surface area contributed by atoms with Crippen molar-refractivity contribution in [1.29, 1.82) is 0 Å². The maximum atomic E-state index is 14.8. The number of amides is 3. The van der Waals surface area contributed by atoms with Crippen LogP contribution in [0.15, 0.2) is 86.0 Å². The molecule has 2 aromatic rings. The lowest BCUT2D eigenvalue weighted by Crippen LogP contribution is -2.59. The maximum Gasteiger partial charge on any atom is 0.247 e. The van der Waals surface area contributed by atoms with E-state index in [-0.39, 0.29) is 40.4 Å². The van der Waals surface area contributed by atoms with Crippen molar-refractivity contribution in [3.8, 4) is 0 Å². The van der Waals surface area contributed by atoms with Crippen molar-refractivity contribution in [2.24, 2.45) is 11.8 Å². The van der Waals surface area contributed by atoms with Gasteiger partial charge in [0.15, 0.2) is 0 Å². The van der Waals surface area contributed by atoms with Crippen molar-refractivity contribution >= 4 is 45.4 Å². The first-order valence-corrected chi connectivity index (χ1v) is 17.1. The fourth-order valence-corrected chi connectivity index (χ4v) is 11.0. The van der Waals surface area contributed by atoms with Crippen LogP contribution in [0.1, 0.15) is 31.4 Å². The van der Waals surface area contributed by atoms with Gasteiger partial charge in [0.25, 0.3) is 0 Å². The third-order valence-electron chi connectivity index (χ3n) is 9.27. The molecule has 3 heterocycles. The second-order valence-corrected chi connectivity index (χ2v) is 15.0. The second kappa shape index (κ2) is 13.6. The third kappa shape index (κ3) is 5.79. The van der Waals surface area contributed by atoms with E-state index in [2.05, 4.69) is 29.1 Å². The molecule has 0 aliphatic carbocycles. The van der Waals surface area contributed by atoms with Crippen molar-refractivity contribution in [3.63, 3.8) is 0 Å². The molecule has 2 aromatic carbocycles. The van der Waals surface area contributed by atoms with Gasteiger partial charge in [-0.25, -0.2) is 0 Å². The van der Waals surface area contributed by atoms with Crippen molar-refractivity contribution in [3.05, 3.63) is 97.1 Å². The average molecular weight is 681 g/mol. The van der Waals surface area contributed by atoms with Crippen LogP contribution in [0.25, 0.3) is 0 Å². The molecule has 7 atom stereocenters. The van der Waals surface area contributed by atoms with E-state index in [1.165, 1.54) is 0 Å². The molecular weight excluding hydrogens is 638 g/mol. The van der Waals surface area contributed by atoms with Gasteiger partial charge in [0.05, 0.1) is 29.2 Å². The number of aliphatic hydroxyl groups excluding tert-OH is 1. The summed E-state index contributed by atoms with van der Waals surface area (Å²) in [6, 6.07) is 18.0. The molecule has 3 fully saturated rings. The molecule has 0 aromatic heterocycles. The fraction of sp³-hybridized carbons (Fsp3) is 0.457. The zero-order chi connectivity index (χ0) is 31.6. The van der Waals surface area contributed by atoms with Gasteiger partial charge in [-0.15, -0.1) is 24.9 Å². The molecular formula is C35H42BrN3O4S. The van der Waals surface area contributed by atoms with E-state index in [1.807, 2.05) is 74.5 Å². The fourth-order valence-electron chi connectivity index (χ4n) is 7.41. The van der Waals surface area contributed by atoms with E-state index in [0.29, 0.717) is 32.5 Å². The molecule has 2 bridgehead atoms. The van der Waals surface area contributed by atoms with Crippen molar-refractivity contribution in [1.82, 2.24) is 14.7 Å². The van der Waals surface area contributed by atoms with Gasteiger partial charge in [-0.2, -0.15) is 0 Å².